The summed E-state index contributed by atoms with van der Waals surface area (Å²) < 4.78 is 53.8. The molecule has 0 fully saturated rings. The Kier molecular flexibility index (Phi) is 4.95. The molecule has 0 saturated carbocycles. The molecular weight excluding hydrogens is 333 g/mol. The normalized spacial score (nSPS) is 12.8. The molecular formula is C10H12BrF3O3Si. The van der Waals surface area contributed by atoms with Gasteiger partial charge in [0.05, 0.1) is 5.56 Å². The fourth-order valence-corrected chi connectivity index (χ4v) is 3.82. The number of hydrogen-bond acceptors (Lipinski definition) is 3. The summed E-state index contributed by atoms with van der Waals surface area (Å²) in [5.74, 6) is 0. The van der Waals surface area contributed by atoms with Crippen molar-refractivity contribution in [3.05, 3.63) is 28.2 Å². The third-order valence-electron chi connectivity index (χ3n) is 2.43. The van der Waals surface area contributed by atoms with Crippen molar-refractivity contribution in [3.63, 3.8) is 0 Å². The average molecular weight is 345 g/mol. The van der Waals surface area contributed by atoms with Crippen molar-refractivity contribution < 1.29 is 26.4 Å². The Morgan fingerprint density at radius 2 is 1.56 bits per heavy atom. The van der Waals surface area contributed by atoms with E-state index in [1.165, 1.54) is 33.5 Å². The van der Waals surface area contributed by atoms with Crippen molar-refractivity contribution in [1.82, 2.24) is 0 Å². The van der Waals surface area contributed by atoms with Crippen LogP contribution in [0.4, 0.5) is 13.2 Å². The van der Waals surface area contributed by atoms with Gasteiger partial charge in [-0.3, -0.25) is 0 Å². The molecule has 0 N–H and O–H groups in total. The Balaban J connectivity index is 3.35. The van der Waals surface area contributed by atoms with E-state index in [1.807, 2.05) is 0 Å². The van der Waals surface area contributed by atoms with Crippen molar-refractivity contribution in [1.29, 1.82) is 0 Å². The lowest BCUT2D eigenvalue weighted by molar-refractivity contribution is -0.138. The van der Waals surface area contributed by atoms with Crippen LogP contribution in [-0.4, -0.2) is 30.1 Å². The Hall–Kier alpha value is -0.413. The fraction of sp³-hybridized carbons (Fsp3) is 0.400. The maximum atomic E-state index is 12.8. The molecule has 0 heterocycles. The van der Waals surface area contributed by atoms with E-state index in [0.29, 0.717) is 0 Å². The quantitative estimate of drug-likeness (QED) is 0.785. The van der Waals surface area contributed by atoms with E-state index in [9.17, 15) is 13.2 Å². The largest absolute Gasteiger partial charge is 0.536 e. The summed E-state index contributed by atoms with van der Waals surface area (Å²) in [5.41, 5.74) is -0.789. The second-order valence-corrected chi connectivity index (χ2v) is 7.13. The van der Waals surface area contributed by atoms with Gasteiger partial charge in [-0.1, -0.05) is 22.0 Å². The molecule has 3 nitrogen and oxygen atoms in total. The Labute approximate surface area is 112 Å². The lowest BCUT2D eigenvalue weighted by Crippen LogP contribution is -2.54. The molecule has 102 valence electrons. The predicted molar refractivity (Wildman–Crippen MR) is 65.6 cm³/mol. The van der Waals surface area contributed by atoms with Gasteiger partial charge in [-0.15, -0.1) is 0 Å². The summed E-state index contributed by atoms with van der Waals surface area (Å²) in [7, 11) is 0.778. The van der Waals surface area contributed by atoms with Gasteiger partial charge < -0.3 is 13.3 Å². The Bertz CT molecular complexity index is 413. The number of hydrogen-bond donors (Lipinski definition) is 0. The summed E-state index contributed by atoms with van der Waals surface area (Å²) in [6.45, 7) is 0. The van der Waals surface area contributed by atoms with Crippen LogP contribution in [0, 0.1) is 0 Å². The van der Waals surface area contributed by atoms with Crippen molar-refractivity contribution in [3.8, 4) is 0 Å². The molecule has 0 atom stereocenters. The first-order valence-corrected chi connectivity index (χ1v) is 7.35. The van der Waals surface area contributed by atoms with Gasteiger partial charge in [0.25, 0.3) is 0 Å². The van der Waals surface area contributed by atoms with Crippen LogP contribution >= 0.6 is 15.9 Å². The highest BCUT2D eigenvalue weighted by molar-refractivity contribution is 9.10. The van der Waals surface area contributed by atoms with Crippen LogP contribution in [0.3, 0.4) is 0 Å². The molecule has 1 rings (SSSR count). The zero-order chi connectivity index (χ0) is 14.0. The van der Waals surface area contributed by atoms with E-state index in [4.69, 9.17) is 13.3 Å². The molecule has 1 aromatic rings. The van der Waals surface area contributed by atoms with Gasteiger partial charge in [-0.2, -0.15) is 13.2 Å². The molecule has 0 radical (unpaired) electrons. The van der Waals surface area contributed by atoms with Gasteiger partial charge in [0.2, 0.25) is 0 Å². The van der Waals surface area contributed by atoms with Gasteiger partial charge in [0, 0.05) is 31.0 Å². The van der Waals surface area contributed by atoms with Crippen LogP contribution in [0.15, 0.2) is 22.7 Å². The second kappa shape index (κ2) is 5.70. The molecule has 0 aliphatic heterocycles. The van der Waals surface area contributed by atoms with E-state index < -0.39 is 20.5 Å². The van der Waals surface area contributed by atoms with E-state index in [1.54, 1.807) is 0 Å². The minimum atomic E-state index is -4.45. The third-order valence-corrected chi connectivity index (χ3v) is 5.75. The lowest BCUT2D eigenvalue weighted by atomic mass is 10.2. The van der Waals surface area contributed by atoms with Crippen LogP contribution in [0.5, 0.6) is 0 Å². The predicted octanol–water partition coefficient (Wildman–Crippen LogP) is 2.55. The highest BCUT2D eigenvalue weighted by Gasteiger charge is 2.43. The summed E-state index contributed by atoms with van der Waals surface area (Å²) in [4.78, 5) is 0. The van der Waals surface area contributed by atoms with Crippen molar-refractivity contribution in [2.24, 2.45) is 0 Å². The zero-order valence-corrected chi connectivity index (χ0v) is 12.6. The van der Waals surface area contributed by atoms with Crippen molar-refractivity contribution in [2.75, 3.05) is 21.3 Å². The molecule has 0 aliphatic carbocycles. The minimum Gasteiger partial charge on any atom is -0.373 e. The number of benzene rings is 1. The van der Waals surface area contributed by atoms with Gasteiger partial charge in [0.1, 0.15) is 0 Å². The number of rotatable bonds is 4. The summed E-state index contributed by atoms with van der Waals surface area (Å²) in [6, 6.07) is 3.77. The van der Waals surface area contributed by atoms with Crippen LogP contribution in [0.25, 0.3) is 0 Å². The topological polar surface area (TPSA) is 27.7 Å². The monoisotopic (exact) mass is 344 g/mol. The highest BCUT2D eigenvalue weighted by Crippen LogP contribution is 2.34. The SMILES string of the molecule is CO[Si](OC)(OC)c1ccc(Br)c(C(F)(F)F)c1. The Morgan fingerprint density at radius 1 is 1.06 bits per heavy atom. The van der Waals surface area contributed by atoms with E-state index >= 15 is 0 Å². The molecule has 0 amide bonds. The first kappa shape index (κ1) is 15.6. The second-order valence-electron chi connectivity index (χ2n) is 3.36. The molecule has 0 saturated heterocycles. The maximum absolute atomic E-state index is 12.8. The van der Waals surface area contributed by atoms with Crippen molar-refractivity contribution in [2.45, 2.75) is 6.18 Å². The van der Waals surface area contributed by atoms with Gasteiger partial charge in [-0.05, 0) is 12.1 Å². The van der Waals surface area contributed by atoms with E-state index in [2.05, 4.69) is 15.9 Å². The summed E-state index contributed by atoms with van der Waals surface area (Å²) in [5, 5.41) is 0.255. The molecule has 0 unspecified atom stereocenters. The van der Waals surface area contributed by atoms with Gasteiger partial charge in [0.15, 0.2) is 0 Å². The standard InChI is InChI=1S/C10H12BrF3O3Si/c1-15-18(16-2,17-3)7-4-5-9(11)8(6-7)10(12,13)14/h4-6H,1-3H3. The van der Waals surface area contributed by atoms with Crippen LogP contribution in [-0.2, 0) is 19.5 Å². The highest BCUT2D eigenvalue weighted by atomic mass is 79.9. The van der Waals surface area contributed by atoms with Crippen LogP contribution < -0.4 is 5.19 Å². The Morgan fingerprint density at radius 3 is 1.94 bits per heavy atom. The average Bonchev–Trinajstić information content (AvgIpc) is 2.32. The van der Waals surface area contributed by atoms with Gasteiger partial charge in [-0.25, -0.2) is 0 Å². The minimum absolute atomic E-state index is 0.0371. The number of halogens is 4. The smallest absolute Gasteiger partial charge is 0.373 e. The van der Waals surface area contributed by atoms with Crippen LogP contribution in [0.1, 0.15) is 5.56 Å². The lowest BCUT2D eigenvalue weighted by Gasteiger charge is -2.25. The van der Waals surface area contributed by atoms with Crippen LogP contribution in [0.2, 0.25) is 0 Å². The first-order chi connectivity index (χ1) is 8.30. The molecule has 1 aromatic carbocycles. The maximum Gasteiger partial charge on any atom is 0.536 e. The summed E-state index contributed by atoms with van der Waals surface area (Å²) >= 11 is 2.87. The third kappa shape index (κ3) is 2.94. The van der Waals surface area contributed by atoms with Gasteiger partial charge >= 0.3 is 15.0 Å². The molecule has 8 heteroatoms. The fourth-order valence-electron chi connectivity index (χ4n) is 1.54. The zero-order valence-electron chi connectivity index (χ0n) is 9.97. The molecule has 0 bridgehead atoms. The molecule has 0 aliphatic rings. The molecule has 0 spiro atoms. The molecule has 0 aromatic heterocycles. The first-order valence-electron chi connectivity index (χ1n) is 4.83. The summed E-state index contributed by atoms with van der Waals surface area (Å²) in [6.07, 6.45) is -4.45. The van der Waals surface area contributed by atoms with Crippen molar-refractivity contribution >= 4 is 29.9 Å². The molecule has 18 heavy (non-hydrogen) atoms. The van der Waals surface area contributed by atoms with E-state index in [-0.39, 0.29) is 9.66 Å². The van der Waals surface area contributed by atoms with E-state index in [0.717, 1.165) is 6.07 Å². The number of alkyl halides is 3.